The van der Waals surface area contributed by atoms with E-state index in [2.05, 4.69) is 0 Å². The van der Waals surface area contributed by atoms with Crippen molar-refractivity contribution in [2.24, 2.45) is 17.5 Å². The summed E-state index contributed by atoms with van der Waals surface area (Å²) in [6.07, 6.45) is 0.736. The fourth-order valence-corrected chi connectivity index (χ4v) is 0.577. The maximum atomic E-state index is 10.7. The van der Waals surface area contributed by atoms with Gasteiger partial charge in [-0.1, -0.05) is 6.92 Å². The van der Waals surface area contributed by atoms with Gasteiger partial charge in [0.2, 0.25) is 5.91 Å². The molecule has 4 nitrogen and oxygen atoms in total. The van der Waals surface area contributed by atoms with Crippen LogP contribution in [0.2, 0.25) is 0 Å². The summed E-state index contributed by atoms with van der Waals surface area (Å²) in [4.78, 5) is 10.7. The first-order valence-corrected chi connectivity index (χ1v) is 2.96. The van der Waals surface area contributed by atoms with E-state index in [1.807, 2.05) is 12.3 Å². The number of rotatable bonds is 3. The average molecular weight is 131 g/mol. The van der Waals surface area contributed by atoms with Crippen LogP contribution < -0.4 is 17.0 Å². The minimum atomic E-state index is -0.181. The molecule has 0 radical (unpaired) electrons. The monoisotopic (exact) mass is 131 g/mol. The van der Waals surface area contributed by atoms with E-state index in [9.17, 15) is 4.79 Å². The molecule has 0 saturated carbocycles. The van der Waals surface area contributed by atoms with Crippen molar-refractivity contribution >= 4 is 5.91 Å². The molecular weight excluding hydrogens is 118 g/mol. The zero-order valence-electron chi connectivity index (χ0n) is 5.55. The number of carbonyl (C=O) groups is 1. The third-order valence-electron chi connectivity index (χ3n) is 1.29. The van der Waals surface area contributed by atoms with Crippen LogP contribution >= 0.6 is 0 Å². The highest BCUT2D eigenvalue weighted by Gasteiger charge is 2.11. The lowest BCUT2D eigenvalue weighted by molar-refractivity contribution is -0.124. The smallest absolute Gasteiger partial charge is 0.238 e. The molecule has 1 atom stereocenters. The number of hydrogen-bond acceptors (Lipinski definition) is 3. The van der Waals surface area contributed by atoms with E-state index >= 15 is 0 Å². The van der Waals surface area contributed by atoms with Crippen LogP contribution in [0.3, 0.4) is 0 Å². The lowest BCUT2D eigenvalue weighted by Crippen LogP contribution is -2.38. The van der Waals surface area contributed by atoms with Crippen molar-refractivity contribution in [1.82, 2.24) is 5.43 Å². The first-order valence-electron chi connectivity index (χ1n) is 2.96. The lowest BCUT2D eigenvalue weighted by Gasteiger charge is -2.08. The molecule has 54 valence electrons. The van der Waals surface area contributed by atoms with E-state index in [1.165, 1.54) is 0 Å². The quantitative estimate of drug-likeness (QED) is 0.260. The fraction of sp³-hybridized carbons (Fsp3) is 0.800. The molecule has 0 aliphatic carbocycles. The van der Waals surface area contributed by atoms with Crippen LogP contribution in [-0.2, 0) is 4.79 Å². The van der Waals surface area contributed by atoms with Crippen molar-refractivity contribution in [3.05, 3.63) is 0 Å². The summed E-state index contributed by atoms with van der Waals surface area (Å²) in [7, 11) is 0. The standard InChI is InChI=1S/C5H13N3O/c1-2-4(3-6)5(9)8-7/h4H,2-3,6-7H2,1H3,(H,8,9). The van der Waals surface area contributed by atoms with E-state index in [0.717, 1.165) is 6.42 Å². The Morgan fingerprint density at radius 2 is 2.33 bits per heavy atom. The zero-order valence-corrected chi connectivity index (χ0v) is 5.55. The van der Waals surface area contributed by atoms with Gasteiger partial charge in [-0.05, 0) is 6.42 Å². The van der Waals surface area contributed by atoms with E-state index in [4.69, 9.17) is 11.6 Å². The Bertz CT molecular complexity index is 90.2. The van der Waals surface area contributed by atoms with Crippen molar-refractivity contribution < 1.29 is 4.79 Å². The number of amides is 1. The summed E-state index contributed by atoms with van der Waals surface area (Å²) in [5, 5.41) is 0. The van der Waals surface area contributed by atoms with Crippen LogP contribution in [0.25, 0.3) is 0 Å². The molecule has 0 spiro atoms. The minimum Gasteiger partial charge on any atom is -0.330 e. The van der Waals surface area contributed by atoms with Gasteiger partial charge in [-0.3, -0.25) is 10.2 Å². The van der Waals surface area contributed by atoms with Crippen LogP contribution in [0.4, 0.5) is 0 Å². The number of hydrogen-bond donors (Lipinski definition) is 3. The maximum Gasteiger partial charge on any atom is 0.238 e. The molecule has 9 heavy (non-hydrogen) atoms. The third kappa shape index (κ3) is 2.43. The molecule has 0 heterocycles. The van der Waals surface area contributed by atoms with Crippen molar-refractivity contribution in [1.29, 1.82) is 0 Å². The molecule has 5 N–H and O–H groups in total. The summed E-state index contributed by atoms with van der Waals surface area (Å²) in [6, 6.07) is 0. The normalized spacial score (nSPS) is 12.8. The molecule has 0 bridgehead atoms. The Hall–Kier alpha value is -0.610. The molecule has 0 aromatic heterocycles. The number of carbonyl (C=O) groups excluding carboxylic acids is 1. The molecular formula is C5H13N3O. The van der Waals surface area contributed by atoms with Gasteiger partial charge < -0.3 is 5.73 Å². The van der Waals surface area contributed by atoms with Crippen LogP contribution in [0.1, 0.15) is 13.3 Å². The van der Waals surface area contributed by atoms with Crippen LogP contribution in [0.15, 0.2) is 0 Å². The lowest BCUT2D eigenvalue weighted by atomic mass is 10.1. The Morgan fingerprint density at radius 3 is 2.44 bits per heavy atom. The number of hydrazine groups is 1. The molecule has 0 rings (SSSR count). The van der Waals surface area contributed by atoms with Crippen molar-refractivity contribution in [3.63, 3.8) is 0 Å². The second-order valence-electron chi connectivity index (χ2n) is 1.85. The molecule has 0 saturated heterocycles. The molecule has 0 aromatic carbocycles. The molecule has 1 unspecified atom stereocenters. The van der Waals surface area contributed by atoms with Gasteiger partial charge in [0.05, 0.1) is 5.92 Å². The first kappa shape index (κ1) is 8.39. The van der Waals surface area contributed by atoms with Gasteiger partial charge in [-0.2, -0.15) is 0 Å². The first-order chi connectivity index (χ1) is 4.26. The summed E-state index contributed by atoms with van der Waals surface area (Å²) in [5.41, 5.74) is 7.29. The second kappa shape index (κ2) is 4.29. The molecule has 0 aliphatic heterocycles. The third-order valence-corrected chi connectivity index (χ3v) is 1.29. The topological polar surface area (TPSA) is 81.1 Å². The van der Waals surface area contributed by atoms with Crippen LogP contribution in [0, 0.1) is 5.92 Å². The summed E-state index contributed by atoms with van der Waals surface area (Å²) >= 11 is 0. The van der Waals surface area contributed by atoms with E-state index in [1.54, 1.807) is 0 Å². The van der Waals surface area contributed by atoms with Crippen molar-refractivity contribution in [2.45, 2.75) is 13.3 Å². The number of nitrogens with two attached hydrogens (primary N) is 2. The highest BCUT2D eigenvalue weighted by atomic mass is 16.2. The highest BCUT2D eigenvalue weighted by molar-refractivity contribution is 5.78. The predicted octanol–water partition coefficient (Wildman–Crippen LogP) is -1.04. The Morgan fingerprint density at radius 1 is 1.78 bits per heavy atom. The molecule has 0 aliphatic rings. The summed E-state index contributed by atoms with van der Waals surface area (Å²) in [6.45, 7) is 2.26. The molecule has 0 aromatic rings. The van der Waals surface area contributed by atoms with Gasteiger partial charge in [-0.15, -0.1) is 0 Å². The van der Waals surface area contributed by atoms with Gasteiger partial charge in [0.1, 0.15) is 0 Å². The zero-order chi connectivity index (χ0) is 7.28. The van der Waals surface area contributed by atoms with Gasteiger partial charge in [0.15, 0.2) is 0 Å². The SMILES string of the molecule is CCC(CN)C(=O)NN. The van der Waals surface area contributed by atoms with Crippen molar-refractivity contribution in [3.8, 4) is 0 Å². The Balaban J connectivity index is 3.64. The fourth-order valence-electron chi connectivity index (χ4n) is 0.577. The average Bonchev–Trinajstić information content (AvgIpc) is 1.90. The summed E-state index contributed by atoms with van der Waals surface area (Å²) in [5.74, 6) is 4.56. The predicted molar refractivity (Wildman–Crippen MR) is 35.2 cm³/mol. The van der Waals surface area contributed by atoms with E-state index in [-0.39, 0.29) is 11.8 Å². The van der Waals surface area contributed by atoms with Gasteiger partial charge in [0.25, 0.3) is 0 Å². The maximum absolute atomic E-state index is 10.7. The van der Waals surface area contributed by atoms with Gasteiger partial charge >= 0.3 is 0 Å². The molecule has 0 fully saturated rings. The Kier molecular flexibility index (Phi) is 4.00. The Labute approximate surface area is 54.6 Å². The van der Waals surface area contributed by atoms with Crippen LogP contribution in [-0.4, -0.2) is 12.5 Å². The van der Waals surface area contributed by atoms with Gasteiger partial charge in [0, 0.05) is 6.54 Å². The largest absolute Gasteiger partial charge is 0.330 e. The second-order valence-corrected chi connectivity index (χ2v) is 1.85. The van der Waals surface area contributed by atoms with Crippen molar-refractivity contribution in [2.75, 3.05) is 6.54 Å². The molecule has 1 amide bonds. The molecule has 4 heteroatoms. The van der Waals surface area contributed by atoms with E-state index in [0.29, 0.717) is 6.54 Å². The van der Waals surface area contributed by atoms with Gasteiger partial charge in [-0.25, -0.2) is 5.84 Å². The highest BCUT2D eigenvalue weighted by Crippen LogP contribution is 1.97. The summed E-state index contributed by atoms with van der Waals surface area (Å²) < 4.78 is 0. The van der Waals surface area contributed by atoms with Crippen LogP contribution in [0.5, 0.6) is 0 Å². The minimum absolute atomic E-state index is 0.130. The number of nitrogens with one attached hydrogen (secondary N) is 1. The van der Waals surface area contributed by atoms with E-state index < -0.39 is 0 Å².